The van der Waals surface area contributed by atoms with Crippen LogP contribution in [0.3, 0.4) is 0 Å². The number of hydrogen-bond acceptors (Lipinski definition) is 4. The molecule has 4 nitrogen and oxygen atoms in total. The van der Waals surface area contributed by atoms with Crippen molar-refractivity contribution >= 4 is 5.84 Å². The van der Waals surface area contributed by atoms with Crippen LogP contribution < -0.4 is 15.2 Å². The molecule has 0 saturated carbocycles. The topological polar surface area (TPSA) is 56.8 Å². The molecular formula is C24H24N2O2. The van der Waals surface area contributed by atoms with Gasteiger partial charge in [0.15, 0.2) is 5.72 Å². The highest BCUT2D eigenvalue weighted by Gasteiger charge is 2.31. The zero-order chi connectivity index (χ0) is 19.6. The number of fused-ring (bicyclic) bond motifs is 1. The van der Waals surface area contributed by atoms with Gasteiger partial charge in [0, 0.05) is 6.42 Å². The van der Waals surface area contributed by atoms with Crippen molar-refractivity contribution in [2.75, 3.05) is 7.11 Å². The van der Waals surface area contributed by atoms with Crippen molar-refractivity contribution in [3.8, 4) is 22.6 Å². The first-order valence-electron chi connectivity index (χ1n) is 9.43. The second-order valence-electron chi connectivity index (χ2n) is 7.20. The summed E-state index contributed by atoms with van der Waals surface area (Å²) in [7, 11) is 1.69. The number of aryl methyl sites for hydroxylation is 1. The van der Waals surface area contributed by atoms with Crippen LogP contribution in [0.5, 0.6) is 11.5 Å². The van der Waals surface area contributed by atoms with E-state index >= 15 is 0 Å². The third-order valence-electron chi connectivity index (χ3n) is 5.06. The molecule has 0 aliphatic carbocycles. The van der Waals surface area contributed by atoms with E-state index in [9.17, 15) is 0 Å². The lowest BCUT2D eigenvalue weighted by Gasteiger charge is -2.32. The van der Waals surface area contributed by atoms with Gasteiger partial charge in [-0.1, -0.05) is 48.5 Å². The molecule has 0 aromatic heterocycles. The Labute approximate surface area is 165 Å². The first kappa shape index (κ1) is 18.1. The molecule has 1 aliphatic heterocycles. The van der Waals surface area contributed by atoms with Crippen LogP contribution in [0, 0.1) is 0 Å². The van der Waals surface area contributed by atoms with Crippen molar-refractivity contribution in [3.63, 3.8) is 0 Å². The largest absolute Gasteiger partial charge is 0.497 e. The Bertz CT molecular complexity index is 1030. The van der Waals surface area contributed by atoms with Gasteiger partial charge in [0.2, 0.25) is 0 Å². The van der Waals surface area contributed by atoms with Gasteiger partial charge in [-0.15, -0.1) is 0 Å². The number of nitrogens with zero attached hydrogens (tertiary/aromatic N) is 1. The number of amidine groups is 1. The van der Waals surface area contributed by atoms with E-state index in [-0.39, 0.29) is 0 Å². The fourth-order valence-electron chi connectivity index (χ4n) is 3.53. The molecule has 3 aromatic carbocycles. The predicted molar refractivity (Wildman–Crippen MR) is 113 cm³/mol. The summed E-state index contributed by atoms with van der Waals surface area (Å²) in [5.74, 6) is 2.19. The Morgan fingerprint density at radius 2 is 1.71 bits per heavy atom. The molecule has 1 atom stereocenters. The van der Waals surface area contributed by atoms with Crippen LogP contribution in [0.25, 0.3) is 11.1 Å². The zero-order valence-electron chi connectivity index (χ0n) is 16.2. The fraction of sp³-hybridized carbons (Fsp3) is 0.208. The standard InChI is InChI=1S/C24H24N2O2/c1-24(26-23(25)21-11-3-4-12-22(21)28-24)14-13-17-7-5-8-18(15-17)19-9-6-10-20(16-19)27-2/h3-12,15-16H,13-14H2,1-2H3,(H2,25,26). The lowest BCUT2D eigenvalue weighted by Crippen LogP contribution is -2.38. The van der Waals surface area contributed by atoms with Gasteiger partial charge in [0.1, 0.15) is 17.3 Å². The molecule has 0 radical (unpaired) electrons. The Morgan fingerprint density at radius 3 is 2.54 bits per heavy atom. The van der Waals surface area contributed by atoms with Gasteiger partial charge in [-0.25, -0.2) is 4.99 Å². The normalized spacial score (nSPS) is 18.0. The maximum absolute atomic E-state index is 6.18. The summed E-state index contributed by atoms with van der Waals surface area (Å²) in [5.41, 5.74) is 9.91. The Hall–Kier alpha value is -3.27. The maximum atomic E-state index is 6.18. The van der Waals surface area contributed by atoms with Gasteiger partial charge in [-0.2, -0.15) is 0 Å². The first-order chi connectivity index (χ1) is 13.6. The van der Waals surface area contributed by atoms with Crippen LogP contribution in [0.2, 0.25) is 0 Å². The van der Waals surface area contributed by atoms with E-state index < -0.39 is 5.72 Å². The molecule has 2 N–H and O–H groups in total. The van der Waals surface area contributed by atoms with Gasteiger partial charge in [-0.05, 0) is 54.3 Å². The van der Waals surface area contributed by atoms with Crippen molar-refractivity contribution < 1.29 is 9.47 Å². The average Bonchev–Trinajstić information content (AvgIpc) is 2.72. The molecule has 4 rings (SSSR count). The SMILES string of the molecule is COc1cccc(-c2cccc(CCC3(C)N=C(N)c4ccccc4O3)c2)c1. The summed E-state index contributed by atoms with van der Waals surface area (Å²) in [6.45, 7) is 1.99. The van der Waals surface area contributed by atoms with Gasteiger partial charge < -0.3 is 15.2 Å². The second-order valence-corrected chi connectivity index (χ2v) is 7.20. The van der Waals surface area contributed by atoms with Crippen LogP contribution in [-0.4, -0.2) is 18.7 Å². The van der Waals surface area contributed by atoms with E-state index in [1.165, 1.54) is 11.1 Å². The molecule has 3 aromatic rings. The molecule has 0 saturated heterocycles. The van der Waals surface area contributed by atoms with Crippen LogP contribution in [0.4, 0.5) is 0 Å². The van der Waals surface area contributed by atoms with Crippen LogP contribution in [0.1, 0.15) is 24.5 Å². The molecule has 0 bridgehead atoms. The summed E-state index contributed by atoms with van der Waals surface area (Å²) >= 11 is 0. The van der Waals surface area contributed by atoms with Gasteiger partial charge in [0.05, 0.1) is 12.7 Å². The lowest BCUT2D eigenvalue weighted by molar-refractivity contribution is 0.0848. The predicted octanol–water partition coefficient (Wildman–Crippen LogP) is 4.81. The van der Waals surface area contributed by atoms with Crippen molar-refractivity contribution in [1.82, 2.24) is 0 Å². The highest BCUT2D eigenvalue weighted by molar-refractivity contribution is 6.00. The molecule has 1 heterocycles. The number of rotatable bonds is 5. The number of aliphatic imine (C=N–C) groups is 1. The molecule has 0 fully saturated rings. The van der Waals surface area contributed by atoms with Crippen LogP contribution >= 0.6 is 0 Å². The third-order valence-corrected chi connectivity index (χ3v) is 5.06. The smallest absolute Gasteiger partial charge is 0.199 e. The lowest BCUT2D eigenvalue weighted by atomic mass is 9.98. The van der Waals surface area contributed by atoms with Crippen molar-refractivity contribution in [2.24, 2.45) is 10.7 Å². The Balaban J connectivity index is 1.52. The number of nitrogens with two attached hydrogens (primary N) is 1. The minimum Gasteiger partial charge on any atom is -0.497 e. The molecule has 1 unspecified atom stereocenters. The van der Waals surface area contributed by atoms with E-state index in [0.29, 0.717) is 5.84 Å². The molecule has 1 aliphatic rings. The van der Waals surface area contributed by atoms with Gasteiger partial charge >= 0.3 is 0 Å². The van der Waals surface area contributed by atoms with Crippen molar-refractivity contribution in [3.05, 3.63) is 83.9 Å². The van der Waals surface area contributed by atoms with E-state index in [1.807, 2.05) is 49.4 Å². The third kappa shape index (κ3) is 3.72. The highest BCUT2D eigenvalue weighted by atomic mass is 16.5. The van der Waals surface area contributed by atoms with E-state index in [2.05, 4.69) is 35.3 Å². The number of para-hydroxylation sites is 1. The number of benzene rings is 3. The fourth-order valence-corrected chi connectivity index (χ4v) is 3.53. The molecular weight excluding hydrogens is 348 g/mol. The average molecular weight is 372 g/mol. The number of hydrogen-bond donors (Lipinski definition) is 1. The van der Waals surface area contributed by atoms with E-state index in [1.54, 1.807) is 7.11 Å². The van der Waals surface area contributed by atoms with Gasteiger partial charge in [-0.3, -0.25) is 0 Å². The number of ether oxygens (including phenoxy) is 2. The molecule has 4 heteroatoms. The summed E-state index contributed by atoms with van der Waals surface area (Å²) < 4.78 is 11.5. The quantitative estimate of drug-likeness (QED) is 0.699. The second kappa shape index (κ2) is 7.39. The molecule has 0 spiro atoms. The zero-order valence-corrected chi connectivity index (χ0v) is 16.2. The summed E-state index contributed by atoms with van der Waals surface area (Å²) in [5, 5.41) is 0. The summed E-state index contributed by atoms with van der Waals surface area (Å²) in [6, 6.07) is 24.4. The van der Waals surface area contributed by atoms with Crippen LogP contribution in [-0.2, 0) is 6.42 Å². The first-order valence-corrected chi connectivity index (χ1v) is 9.43. The monoisotopic (exact) mass is 372 g/mol. The number of methoxy groups -OCH3 is 1. The van der Waals surface area contributed by atoms with Crippen molar-refractivity contribution in [2.45, 2.75) is 25.5 Å². The molecule has 0 amide bonds. The maximum Gasteiger partial charge on any atom is 0.199 e. The van der Waals surface area contributed by atoms with Gasteiger partial charge in [0.25, 0.3) is 0 Å². The molecule has 142 valence electrons. The summed E-state index contributed by atoms with van der Waals surface area (Å²) in [4.78, 5) is 4.63. The van der Waals surface area contributed by atoms with Crippen LogP contribution in [0.15, 0.2) is 77.8 Å². The highest BCUT2D eigenvalue weighted by Crippen LogP contribution is 2.32. The Kier molecular flexibility index (Phi) is 4.78. The summed E-state index contributed by atoms with van der Waals surface area (Å²) in [6.07, 6.45) is 1.58. The van der Waals surface area contributed by atoms with E-state index in [4.69, 9.17) is 15.2 Å². The minimum absolute atomic E-state index is 0.537. The minimum atomic E-state index is -0.662. The van der Waals surface area contributed by atoms with E-state index in [0.717, 1.165) is 35.5 Å². The Morgan fingerprint density at radius 1 is 0.964 bits per heavy atom. The molecule has 28 heavy (non-hydrogen) atoms. The van der Waals surface area contributed by atoms with Crippen molar-refractivity contribution in [1.29, 1.82) is 0 Å².